The van der Waals surface area contributed by atoms with Crippen LogP contribution in [-0.2, 0) is 15.4 Å². The fraction of sp³-hybridized carbons (Fsp3) is 0.500. The summed E-state index contributed by atoms with van der Waals surface area (Å²) in [5.74, 6) is 1.81. The predicted octanol–water partition coefficient (Wildman–Crippen LogP) is 2.70. The minimum absolute atomic E-state index is 0.197. The SMILES string of the molecule is COCOc1cc(C)c(OCOC)c(CCl)c1. The van der Waals surface area contributed by atoms with Crippen molar-refractivity contribution < 1.29 is 18.9 Å². The van der Waals surface area contributed by atoms with Crippen LogP contribution in [0.3, 0.4) is 0 Å². The van der Waals surface area contributed by atoms with E-state index in [4.69, 9.17) is 30.5 Å². The van der Waals surface area contributed by atoms with Gasteiger partial charge in [0.2, 0.25) is 0 Å². The second-order valence-electron chi connectivity index (χ2n) is 3.46. The van der Waals surface area contributed by atoms with Crippen molar-refractivity contribution in [3.8, 4) is 11.5 Å². The van der Waals surface area contributed by atoms with Crippen molar-refractivity contribution >= 4 is 11.6 Å². The van der Waals surface area contributed by atoms with E-state index in [9.17, 15) is 0 Å². The number of alkyl halides is 1. The van der Waals surface area contributed by atoms with Crippen LogP contribution in [-0.4, -0.2) is 27.8 Å². The minimum atomic E-state index is 0.197. The van der Waals surface area contributed by atoms with Crippen molar-refractivity contribution in [1.29, 1.82) is 0 Å². The first-order chi connectivity index (χ1) is 8.22. The third-order valence-corrected chi connectivity index (χ3v) is 2.42. The Morgan fingerprint density at radius 2 is 1.71 bits per heavy atom. The Bertz CT molecular complexity index is 355. The zero-order chi connectivity index (χ0) is 12.7. The average Bonchev–Trinajstić information content (AvgIpc) is 2.34. The maximum absolute atomic E-state index is 5.88. The van der Waals surface area contributed by atoms with E-state index >= 15 is 0 Å². The Labute approximate surface area is 106 Å². The zero-order valence-corrected chi connectivity index (χ0v) is 11.0. The van der Waals surface area contributed by atoms with E-state index in [0.29, 0.717) is 11.6 Å². The van der Waals surface area contributed by atoms with E-state index in [1.54, 1.807) is 14.2 Å². The smallest absolute Gasteiger partial charge is 0.188 e. The molecule has 1 aromatic rings. The molecule has 0 heterocycles. The van der Waals surface area contributed by atoms with E-state index in [1.165, 1.54) is 0 Å². The molecule has 17 heavy (non-hydrogen) atoms. The van der Waals surface area contributed by atoms with Crippen LogP contribution in [0, 0.1) is 6.92 Å². The van der Waals surface area contributed by atoms with Crippen LogP contribution >= 0.6 is 11.6 Å². The van der Waals surface area contributed by atoms with Crippen molar-refractivity contribution in [2.24, 2.45) is 0 Å². The summed E-state index contributed by atoms with van der Waals surface area (Å²) in [5.41, 5.74) is 1.82. The molecule has 5 heteroatoms. The highest BCUT2D eigenvalue weighted by atomic mass is 35.5. The number of aryl methyl sites for hydroxylation is 1. The number of hydrogen-bond acceptors (Lipinski definition) is 4. The molecule has 0 fully saturated rings. The maximum atomic E-state index is 5.88. The Balaban J connectivity index is 2.90. The lowest BCUT2D eigenvalue weighted by atomic mass is 10.1. The van der Waals surface area contributed by atoms with E-state index < -0.39 is 0 Å². The molecule has 1 rings (SSSR count). The topological polar surface area (TPSA) is 36.9 Å². The summed E-state index contributed by atoms with van der Waals surface area (Å²) in [5, 5.41) is 0. The number of hydrogen-bond donors (Lipinski definition) is 0. The third-order valence-electron chi connectivity index (χ3n) is 2.13. The lowest BCUT2D eigenvalue weighted by molar-refractivity contribution is 0.0475. The lowest BCUT2D eigenvalue weighted by Gasteiger charge is -2.14. The molecule has 0 N–H and O–H groups in total. The van der Waals surface area contributed by atoms with Gasteiger partial charge in [-0.25, -0.2) is 0 Å². The van der Waals surface area contributed by atoms with Crippen LogP contribution in [0.4, 0.5) is 0 Å². The highest BCUT2D eigenvalue weighted by Gasteiger charge is 2.09. The fourth-order valence-electron chi connectivity index (χ4n) is 1.45. The predicted molar refractivity (Wildman–Crippen MR) is 65.7 cm³/mol. The molecule has 4 nitrogen and oxygen atoms in total. The van der Waals surface area contributed by atoms with E-state index in [0.717, 1.165) is 16.9 Å². The molecule has 0 aromatic heterocycles. The lowest BCUT2D eigenvalue weighted by Crippen LogP contribution is -2.04. The summed E-state index contributed by atoms with van der Waals surface area (Å²) in [7, 11) is 3.15. The van der Waals surface area contributed by atoms with Crippen LogP contribution < -0.4 is 9.47 Å². The molecule has 0 aliphatic rings. The molecule has 0 saturated carbocycles. The molecule has 0 unspecified atom stereocenters. The summed E-state index contributed by atoms with van der Waals surface area (Å²) < 4.78 is 20.6. The van der Waals surface area contributed by atoms with Crippen molar-refractivity contribution in [1.82, 2.24) is 0 Å². The normalized spacial score (nSPS) is 10.4. The first-order valence-electron chi connectivity index (χ1n) is 5.15. The molecule has 0 atom stereocenters. The molecule has 0 amide bonds. The molecule has 96 valence electrons. The molecule has 1 aromatic carbocycles. The quantitative estimate of drug-likeness (QED) is 0.558. The molecule has 0 aliphatic heterocycles. The number of ether oxygens (including phenoxy) is 4. The molecule has 0 bridgehead atoms. The van der Waals surface area contributed by atoms with E-state index in [-0.39, 0.29) is 13.6 Å². The van der Waals surface area contributed by atoms with Crippen LogP contribution in [0.2, 0.25) is 0 Å². The van der Waals surface area contributed by atoms with E-state index in [1.807, 2.05) is 19.1 Å². The molecular formula is C12H17ClO4. The number of halogens is 1. The highest BCUT2D eigenvalue weighted by Crippen LogP contribution is 2.30. The van der Waals surface area contributed by atoms with Gasteiger partial charge in [0.15, 0.2) is 13.6 Å². The van der Waals surface area contributed by atoms with Crippen molar-refractivity contribution in [3.05, 3.63) is 23.3 Å². The third kappa shape index (κ3) is 4.07. The van der Waals surface area contributed by atoms with Gasteiger partial charge in [-0.15, -0.1) is 11.6 Å². The maximum Gasteiger partial charge on any atom is 0.188 e. The Hall–Kier alpha value is -0.970. The second kappa shape index (κ2) is 7.37. The first kappa shape index (κ1) is 14.1. The summed E-state index contributed by atoms with van der Waals surface area (Å²) in [6.07, 6.45) is 0. The molecule has 0 spiro atoms. The van der Waals surface area contributed by atoms with Crippen LogP contribution in [0.25, 0.3) is 0 Å². The molecule has 0 radical (unpaired) electrons. The number of rotatable bonds is 7. The van der Waals surface area contributed by atoms with Crippen molar-refractivity contribution in [3.63, 3.8) is 0 Å². The Morgan fingerprint density at radius 3 is 2.29 bits per heavy atom. The Morgan fingerprint density at radius 1 is 1.06 bits per heavy atom. The van der Waals surface area contributed by atoms with Gasteiger partial charge in [-0.3, -0.25) is 0 Å². The van der Waals surface area contributed by atoms with Gasteiger partial charge in [0.25, 0.3) is 0 Å². The summed E-state index contributed by atoms with van der Waals surface area (Å²) in [6.45, 7) is 2.34. The standard InChI is InChI=1S/C12H17ClO4/c1-9-4-11(16-7-14-2)5-10(6-13)12(9)17-8-15-3/h4-5H,6-8H2,1-3H3. The van der Waals surface area contributed by atoms with Crippen molar-refractivity contribution in [2.45, 2.75) is 12.8 Å². The minimum Gasteiger partial charge on any atom is -0.468 e. The average molecular weight is 261 g/mol. The van der Waals surface area contributed by atoms with Gasteiger partial charge in [0.05, 0.1) is 5.88 Å². The molecular weight excluding hydrogens is 244 g/mol. The van der Waals surface area contributed by atoms with Gasteiger partial charge in [-0.05, 0) is 24.6 Å². The van der Waals surface area contributed by atoms with Gasteiger partial charge in [0, 0.05) is 19.8 Å². The first-order valence-corrected chi connectivity index (χ1v) is 5.69. The van der Waals surface area contributed by atoms with Gasteiger partial charge >= 0.3 is 0 Å². The highest BCUT2D eigenvalue weighted by molar-refractivity contribution is 6.17. The molecule has 0 saturated heterocycles. The van der Waals surface area contributed by atoms with Gasteiger partial charge in [-0.2, -0.15) is 0 Å². The fourth-order valence-corrected chi connectivity index (χ4v) is 1.64. The number of methoxy groups -OCH3 is 2. The van der Waals surface area contributed by atoms with Gasteiger partial charge < -0.3 is 18.9 Å². The number of benzene rings is 1. The monoisotopic (exact) mass is 260 g/mol. The van der Waals surface area contributed by atoms with Gasteiger partial charge in [0.1, 0.15) is 11.5 Å². The molecule has 0 aliphatic carbocycles. The summed E-state index contributed by atoms with van der Waals surface area (Å²) >= 11 is 5.88. The Kier molecular flexibility index (Phi) is 6.11. The van der Waals surface area contributed by atoms with Crippen LogP contribution in [0.1, 0.15) is 11.1 Å². The zero-order valence-electron chi connectivity index (χ0n) is 10.3. The van der Waals surface area contributed by atoms with Crippen LogP contribution in [0.15, 0.2) is 12.1 Å². The summed E-state index contributed by atoms with van der Waals surface area (Å²) in [4.78, 5) is 0. The largest absolute Gasteiger partial charge is 0.468 e. The summed E-state index contributed by atoms with van der Waals surface area (Å²) in [6, 6.07) is 3.71. The van der Waals surface area contributed by atoms with Crippen LogP contribution in [0.5, 0.6) is 11.5 Å². The van der Waals surface area contributed by atoms with Crippen molar-refractivity contribution in [2.75, 3.05) is 27.8 Å². The van der Waals surface area contributed by atoms with Gasteiger partial charge in [-0.1, -0.05) is 0 Å². The van der Waals surface area contributed by atoms with E-state index in [2.05, 4.69) is 0 Å². The second-order valence-corrected chi connectivity index (χ2v) is 3.73.